The molecular weight excluding hydrogens is 464 g/mol. The largest absolute Gasteiger partial charge is 0.480 e. The van der Waals surface area contributed by atoms with Crippen molar-refractivity contribution in [3.63, 3.8) is 0 Å². The highest BCUT2D eigenvalue weighted by Crippen LogP contribution is 2.44. The molecule has 1 aliphatic heterocycles. The number of carboxylic acid groups (broad SMARTS) is 1. The number of carbonyl (C=O) groups is 3. The third-order valence-corrected chi connectivity index (χ3v) is 8.18. The van der Waals surface area contributed by atoms with Crippen molar-refractivity contribution >= 4 is 29.7 Å². The molecule has 0 spiro atoms. The van der Waals surface area contributed by atoms with Gasteiger partial charge in [0.15, 0.2) is 0 Å². The van der Waals surface area contributed by atoms with Crippen molar-refractivity contribution in [2.24, 2.45) is 5.92 Å². The summed E-state index contributed by atoms with van der Waals surface area (Å²) in [6.07, 6.45) is -0.624. The Kier molecular flexibility index (Phi) is 7.12. The summed E-state index contributed by atoms with van der Waals surface area (Å²) in [5.74, 6) is -0.861. The van der Waals surface area contributed by atoms with Crippen LogP contribution in [0.2, 0.25) is 0 Å². The first-order valence-corrected chi connectivity index (χ1v) is 12.9. The Balaban J connectivity index is 1.39. The van der Waals surface area contributed by atoms with Crippen molar-refractivity contribution in [3.05, 3.63) is 59.7 Å². The van der Waals surface area contributed by atoms with E-state index in [1.807, 2.05) is 38.1 Å². The van der Waals surface area contributed by atoms with E-state index in [4.69, 9.17) is 4.74 Å². The summed E-state index contributed by atoms with van der Waals surface area (Å²) in [5.41, 5.74) is 3.65. The lowest BCUT2D eigenvalue weighted by atomic mass is 9.98. The monoisotopic (exact) mass is 496 g/mol. The number of carboxylic acids is 1. The number of rotatable bonds is 7. The van der Waals surface area contributed by atoms with E-state index in [0.29, 0.717) is 5.75 Å². The molecule has 0 aromatic heterocycles. The zero-order valence-corrected chi connectivity index (χ0v) is 21.3. The standard InChI is InChI=1S/C27H32N2O5S/c1-16(2)24-29(22(15-35-24)25(31)32)23(30)13-27(3,4)28-26(33)34-14-21-19-11-7-5-9-17(19)18-10-6-8-12-20(18)21/h5-12,16,21-22,24H,13-15H2,1-4H3,(H,28,33)(H,31,32). The highest BCUT2D eigenvalue weighted by atomic mass is 32.2. The van der Waals surface area contributed by atoms with Crippen LogP contribution >= 0.6 is 11.8 Å². The van der Waals surface area contributed by atoms with Crippen LogP contribution in [0.25, 0.3) is 11.1 Å². The Morgan fingerprint density at radius 3 is 2.20 bits per heavy atom. The Hall–Kier alpha value is -3.00. The van der Waals surface area contributed by atoms with Gasteiger partial charge in [0.1, 0.15) is 12.6 Å². The maximum atomic E-state index is 13.2. The summed E-state index contributed by atoms with van der Waals surface area (Å²) in [6.45, 7) is 7.62. The molecule has 0 radical (unpaired) electrons. The van der Waals surface area contributed by atoms with E-state index in [1.54, 1.807) is 13.8 Å². The number of alkyl carbamates (subject to hydrolysis) is 1. The number of fused-ring (bicyclic) bond motifs is 3. The molecule has 2 aromatic carbocycles. The number of aliphatic carboxylic acids is 1. The number of hydrogen-bond donors (Lipinski definition) is 2. The molecule has 4 rings (SSSR count). The molecule has 8 heteroatoms. The van der Waals surface area contributed by atoms with Gasteiger partial charge in [0.25, 0.3) is 0 Å². The number of ether oxygens (including phenoxy) is 1. The SMILES string of the molecule is CC(C)C1SCC(C(=O)O)N1C(=O)CC(C)(C)NC(=O)OCC1c2ccccc2-c2ccccc21. The average molecular weight is 497 g/mol. The van der Waals surface area contributed by atoms with E-state index in [9.17, 15) is 19.5 Å². The van der Waals surface area contributed by atoms with Crippen molar-refractivity contribution in [3.8, 4) is 11.1 Å². The highest BCUT2D eigenvalue weighted by molar-refractivity contribution is 8.00. The molecule has 2 aromatic rings. The van der Waals surface area contributed by atoms with Gasteiger partial charge in [-0.2, -0.15) is 0 Å². The minimum atomic E-state index is -1.00. The van der Waals surface area contributed by atoms with E-state index >= 15 is 0 Å². The first-order valence-electron chi connectivity index (χ1n) is 11.9. The number of hydrogen-bond acceptors (Lipinski definition) is 5. The predicted molar refractivity (Wildman–Crippen MR) is 136 cm³/mol. The van der Waals surface area contributed by atoms with Gasteiger partial charge in [0.2, 0.25) is 5.91 Å². The number of carbonyl (C=O) groups excluding carboxylic acids is 2. The molecule has 2 amide bonds. The van der Waals surface area contributed by atoms with Gasteiger partial charge >= 0.3 is 12.1 Å². The van der Waals surface area contributed by atoms with Crippen LogP contribution in [-0.4, -0.2) is 57.3 Å². The number of amides is 2. The van der Waals surface area contributed by atoms with E-state index in [-0.39, 0.29) is 36.1 Å². The maximum Gasteiger partial charge on any atom is 0.407 e. The van der Waals surface area contributed by atoms with Crippen molar-refractivity contribution in [1.29, 1.82) is 0 Å². The molecule has 0 saturated carbocycles. The second-order valence-electron chi connectivity index (χ2n) is 10.1. The molecule has 2 atom stereocenters. The van der Waals surface area contributed by atoms with Gasteiger partial charge in [-0.25, -0.2) is 9.59 Å². The molecule has 35 heavy (non-hydrogen) atoms. The zero-order valence-electron chi connectivity index (χ0n) is 20.5. The van der Waals surface area contributed by atoms with Crippen LogP contribution in [-0.2, 0) is 14.3 Å². The molecule has 1 saturated heterocycles. The molecule has 186 valence electrons. The van der Waals surface area contributed by atoms with E-state index in [0.717, 1.165) is 22.3 Å². The molecule has 7 nitrogen and oxygen atoms in total. The van der Waals surface area contributed by atoms with Crippen molar-refractivity contribution in [2.45, 2.75) is 57.0 Å². The quantitative estimate of drug-likeness (QED) is 0.577. The summed E-state index contributed by atoms with van der Waals surface area (Å²) in [6, 6.07) is 15.4. The molecule has 2 aliphatic rings. The van der Waals surface area contributed by atoms with E-state index in [2.05, 4.69) is 29.6 Å². The van der Waals surface area contributed by atoms with Crippen LogP contribution in [0, 0.1) is 5.92 Å². The van der Waals surface area contributed by atoms with Crippen LogP contribution in [0.1, 0.15) is 51.2 Å². The lowest BCUT2D eigenvalue weighted by molar-refractivity contribution is -0.150. The number of nitrogens with one attached hydrogen (secondary N) is 1. The highest BCUT2D eigenvalue weighted by Gasteiger charge is 2.44. The van der Waals surface area contributed by atoms with E-state index < -0.39 is 23.6 Å². The number of thioether (sulfide) groups is 1. The van der Waals surface area contributed by atoms with Crippen molar-refractivity contribution in [1.82, 2.24) is 10.2 Å². The van der Waals surface area contributed by atoms with Gasteiger partial charge in [0, 0.05) is 23.6 Å². The van der Waals surface area contributed by atoms with Gasteiger partial charge in [-0.15, -0.1) is 11.8 Å². The number of nitrogens with zero attached hydrogens (tertiary/aromatic N) is 1. The zero-order chi connectivity index (χ0) is 25.3. The van der Waals surface area contributed by atoms with Gasteiger partial charge in [-0.05, 0) is 42.0 Å². The second-order valence-corrected chi connectivity index (χ2v) is 11.3. The second kappa shape index (κ2) is 9.93. The van der Waals surface area contributed by atoms with Crippen LogP contribution in [0.15, 0.2) is 48.5 Å². The van der Waals surface area contributed by atoms with Crippen LogP contribution in [0.5, 0.6) is 0 Å². The molecule has 1 fully saturated rings. The normalized spacial score (nSPS) is 19.4. The third-order valence-electron chi connectivity index (χ3n) is 6.56. The Bertz CT molecular complexity index is 1090. The van der Waals surface area contributed by atoms with Crippen LogP contribution in [0.3, 0.4) is 0 Å². The topological polar surface area (TPSA) is 95.9 Å². The third kappa shape index (κ3) is 5.17. The summed E-state index contributed by atoms with van der Waals surface area (Å²) in [4.78, 5) is 39.1. The van der Waals surface area contributed by atoms with Gasteiger partial charge in [-0.3, -0.25) is 4.79 Å². The predicted octanol–water partition coefficient (Wildman–Crippen LogP) is 4.70. The smallest absolute Gasteiger partial charge is 0.407 e. The molecule has 0 bridgehead atoms. The number of benzene rings is 2. The minimum Gasteiger partial charge on any atom is -0.480 e. The molecule has 2 unspecified atom stereocenters. The van der Waals surface area contributed by atoms with Gasteiger partial charge in [0.05, 0.1) is 5.37 Å². The molecule has 1 heterocycles. The first-order chi connectivity index (χ1) is 16.6. The van der Waals surface area contributed by atoms with Gasteiger partial charge in [-0.1, -0.05) is 62.4 Å². The fourth-order valence-corrected chi connectivity index (χ4v) is 6.46. The summed E-state index contributed by atoms with van der Waals surface area (Å²) >= 11 is 1.49. The fraction of sp³-hybridized carbons (Fsp3) is 0.444. The molecule has 2 N–H and O–H groups in total. The minimum absolute atomic E-state index is 0.0231. The summed E-state index contributed by atoms with van der Waals surface area (Å²) in [5, 5.41) is 12.2. The lowest BCUT2D eigenvalue weighted by Gasteiger charge is -2.33. The van der Waals surface area contributed by atoms with E-state index in [1.165, 1.54) is 16.7 Å². The average Bonchev–Trinajstić information content (AvgIpc) is 3.38. The molecule has 1 aliphatic carbocycles. The summed E-state index contributed by atoms with van der Waals surface area (Å²) < 4.78 is 5.63. The molecular formula is C27H32N2O5S. The van der Waals surface area contributed by atoms with Crippen LogP contribution < -0.4 is 5.32 Å². The maximum absolute atomic E-state index is 13.2. The lowest BCUT2D eigenvalue weighted by Crippen LogP contribution is -2.52. The Morgan fingerprint density at radius 2 is 1.66 bits per heavy atom. The fourth-order valence-electron chi connectivity index (χ4n) is 4.97. The Morgan fingerprint density at radius 1 is 1.09 bits per heavy atom. The van der Waals surface area contributed by atoms with Crippen molar-refractivity contribution in [2.75, 3.05) is 12.4 Å². The first kappa shape index (κ1) is 25.1. The van der Waals surface area contributed by atoms with Crippen LogP contribution in [0.4, 0.5) is 4.79 Å². The van der Waals surface area contributed by atoms with Crippen molar-refractivity contribution < 1.29 is 24.2 Å². The summed E-state index contributed by atoms with van der Waals surface area (Å²) in [7, 11) is 0. The van der Waals surface area contributed by atoms with Gasteiger partial charge < -0.3 is 20.1 Å². The Labute approximate surface area is 210 Å².